The first kappa shape index (κ1) is 21.5. The maximum atomic E-state index is 13.1. The number of aryl methyl sites for hydroxylation is 1. The summed E-state index contributed by atoms with van der Waals surface area (Å²) in [6.07, 6.45) is 0.464. The van der Waals surface area contributed by atoms with E-state index in [1.54, 1.807) is 0 Å². The van der Waals surface area contributed by atoms with Crippen LogP contribution in [0.3, 0.4) is 0 Å². The second-order valence-corrected chi connectivity index (χ2v) is 8.60. The molecule has 1 aliphatic rings. The predicted molar refractivity (Wildman–Crippen MR) is 133 cm³/mol. The van der Waals surface area contributed by atoms with Gasteiger partial charge in [0.05, 0.1) is 0 Å². The van der Waals surface area contributed by atoms with E-state index in [1.165, 1.54) is 33.9 Å². The Kier molecular flexibility index (Phi) is 6.01. The molecule has 1 aromatic heterocycles. The van der Waals surface area contributed by atoms with Gasteiger partial charge in [0.2, 0.25) is 5.91 Å². The molecule has 1 saturated heterocycles. The Morgan fingerprint density at radius 2 is 1.64 bits per heavy atom. The average molecular weight is 445 g/mol. The van der Waals surface area contributed by atoms with E-state index >= 15 is 0 Å². The molecule has 6 heteroatoms. The van der Waals surface area contributed by atoms with Crippen molar-refractivity contribution in [2.45, 2.75) is 19.9 Å². The molecule has 4 aromatic rings. The van der Waals surface area contributed by atoms with Gasteiger partial charge in [0.15, 0.2) is 0 Å². The molecule has 5 nitrogen and oxygen atoms in total. The number of aromatic nitrogens is 1. The number of nitrogens with one attached hydrogen (secondary N) is 1. The maximum Gasteiger partial charge on any atom is 0.225 e. The molecule has 0 radical (unpaired) electrons. The summed E-state index contributed by atoms with van der Waals surface area (Å²) in [7, 11) is 0. The van der Waals surface area contributed by atoms with Crippen molar-refractivity contribution in [3.63, 3.8) is 0 Å². The third-order valence-electron chi connectivity index (χ3n) is 6.59. The molecule has 1 amide bonds. The zero-order valence-corrected chi connectivity index (χ0v) is 18.9. The Morgan fingerprint density at radius 1 is 0.909 bits per heavy atom. The molecule has 2 heterocycles. The van der Waals surface area contributed by atoms with Crippen LogP contribution in [-0.4, -0.2) is 48.1 Å². The van der Waals surface area contributed by atoms with Crippen LogP contribution in [-0.2, 0) is 11.3 Å². The van der Waals surface area contributed by atoms with Gasteiger partial charge < -0.3 is 14.8 Å². The highest BCUT2D eigenvalue weighted by molar-refractivity contribution is 6.09. The molecule has 3 aromatic carbocycles. The van der Waals surface area contributed by atoms with Gasteiger partial charge in [-0.15, -0.1) is 0 Å². The molecule has 1 fully saturated rings. The lowest BCUT2D eigenvalue weighted by atomic mass is 10.1. The molecule has 170 valence electrons. The van der Waals surface area contributed by atoms with Gasteiger partial charge in [-0.3, -0.25) is 9.69 Å². The number of carbonyl (C=O) groups excluding carboxylic acids is 1. The van der Waals surface area contributed by atoms with Crippen molar-refractivity contribution < 1.29 is 9.18 Å². The first-order valence-corrected chi connectivity index (χ1v) is 11.7. The van der Waals surface area contributed by atoms with Crippen LogP contribution < -0.4 is 10.2 Å². The van der Waals surface area contributed by atoms with Crippen LogP contribution in [0.4, 0.5) is 15.8 Å². The third-order valence-corrected chi connectivity index (χ3v) is 6.59. The molecule has 0 unspecified atom stereocenters. The number of amides is 1. The number of piperazine rings is 1. The van der Waals surface area contributed by atoms with Crippen molar-refractivity contribution in [3.05, 3.63) is 72.5 Å². The van der Waals surface area contributed by atoms with Crippen molar-refractivity contribution >= 4 is 39.1 Å². The van der Waals surface area contributed by atoms with Crippen LogP contribution >= 0.6 is 0 Å². The molecule has 0 saturated carbocycles. The largest absolute Gasteiger partial charge is 0.369 e. The predicted octanol–water partition coefficient (Wildman–Crippen LogP) is 5.10. The number of benzene rings is 3. The van der Waals surface area contributed by atoms with Crippen molar-refractivity contribution in [2.75, 3.05) is 42.9 Å². The Hall–Kier alpha value is -3.38. The number of para-hydroxylation sites is 1. The van der Waals surface area contributed by atoms with Gasteiger partial charge in [-0.05, 0) is 55.5 Å². The minimum absolute atomic E-state index is 0.0366. The molecule has 5 rings (SSSR count). The molecular formula is C27H29FN4O. The summed E-state index contributed by atoms with van der Waals surface area (Å²) in [5.41, 5.74) is 4.30. The Morgan fingerprint density at radius 3 is 2.39 bits per heavy atom. The lowest BCUT2D eigenvalue weighted by Crippen LogP contribution is -2.47. The molecule has 1 aliphatic heterocycles. The summed E-state index contributed by atoms with van der Waals surface area (Å²) in [6.45, 7) is 7.35. The molecular weight excluding hydrogens is 415 g/mol. The molecule has 1 N–H and O–H groups in total. The van der Waals surface area contributed by atoms with Gasteiger partial charge in [0.1, 0.15) is 5.82 Å². The van der Waals surface area contributed by atoms with Gasteiger partial charge in [0.25, 0.3) is 0 Å². The molecule has 0 bridgehead atoms. The zero-order valence-electron chi connectivity index (χ0n) is 18.9. The van der Waals surface area contributed by atoms with Crippen LogP contribution in [0.25, 0.3) is 21.8 Å². The number of fused-ring (bicyclic) bond motifs is 3. The summed E-state index contributed by atoms with van der Waals surface area (Å²) in [6, 6.07) is 21.2. The van der Waals surface area contributed by atoms with E-state index in [1.807, 2.05) is 18.2 Å². The van der Waals surface area contributed by atoms with E-state index in [-0.39, 0.29) is 11.7 Å². The van der Waals surface area contributed by atoms with E-state index in [2.05, 4.69) is 63.0 Å². The van der Waals surface area contributed by atoms with Crippen LogP contribution in [0.5, 0.6) is 0 Å². The summed E-state index contributed by atoms with van der Waals surface area (Å²) in [5, 5.41) is 5.47. The zero-order chi connectivity index (χ0) is 22.8. The Labute approximate surface area is 193 Å². The van der Waals surface area contributed by atoms with Crippen molar-refractivity contribution in [2.24, 2.45) is 0 Å². The highest BCUT2D eigenvalue weighted by Crippen LogP contribution is 2.31. The number of rotatable bonds is 6. The van der Waals surface area contributed by atoms with Crippen LogP contribution in [0.15, 0.2) is 66.7 Å². The third kappa shape index (κ3) is 4.44. The Balaban J connectivity index is 1.18. The van der Waals surface area contributed by atoms with Crippen molar-refractivity contribution in [1.29, 1.82) is 0 Å². The monoisotopic (exact) mass is 444 g/mol. The first-order valence-electron chi connectivity index (χ1n) is 11.7. The fraction of sp³-hybridized carbons (Fsp3) is 0.296. The highest BCUT2D eigenvalue weighted by atomic mass is 19.1. The lowest BCUT2D eigenvalue weighted by molar-refractivity contribution is -0.116. The molecule has 33 heavy (non-hydrogen) atoms. The van der Waals surface area contributed by atoms with Gasteiger partial charge in [0, 0.05) is 78.9 Å². The standard InChI is InChI=1S/C27H29FN4O/c1-2-32-25-6-4-3-5-23(25)24-19-21(9-12-26(24)32)29-27(33)13-14-30-15-17-31(18-16-30)22-10-7-20(28)8-11-22/h3-12,19H,2,13-18H2,1H3,(H,29,33). The van der Waals surface area contributed by atoms with Crippen molar-refractivity contribution in [3.8, 4) is 0 Å². The number of hydrogen-bond donors (Lipinski definition) is 1. The fourth-order valence-corrected chi connectivity index (χ4v) is 4.84. The normalized spacial score (nSPS) is 14.8. The van der Waals surface area contributed by atoms with Gasteiger partial charge in [-0.25, -0.2) is 4.39 Å². The van der Waals surface area contributed by atoms with E-state index in [0.717, 1.165) is 50.6 Å². The number of anilines is 2. The number of hydrogen-bond acceptors (Lipinski definition) is 3. The SMILES string of the molecule is CCn1c2ccccc2c2cc(NC(=O)CCN3CCN(c4ccc(F)cc4)CC3)ccc21. The van der Waals surface area contributed by atoms with Gasteiger partial charge in [-0.1, -0.05) is 18.2 Å². The number of carbonyl (C=O) groups is 1. The summed E-state index contributed by atoms with van der Waals surface area (Å²) < 4.78 is 15.5. The molecule has 0 spiro atoms. The Bertz CT molecular complexity index is 1270. The van der Waals surface area contributed by atoms with Crippen LogP contribution in [0, 0.1) is 5.82 Å². The highest BCUT2D eigenvalue weighted by Gasteiger charge is 2.18. The average Bonchev–Trinajstić information content (AvgIpc) is 3.16. The second kappa shape index (κ2) is 9.24. The topological polar surface area (TPSA) is 40.5 Å². The minimum Gasteiger partial charge on any atom is -0.369 e. The van der Waals surface area contributed by atoms with Gasteiger partial charge in [-0.2, -0.15) is 0 Å². The summed E-state index contributed by atoms with van der Waals surface area (Å²) in [4.78, 5) is 17.2. The van der Waals surface area contributed by atoms with E-state index in [9.17, 15) is 9.18 Å². The van der Waals surface area contributed by atoms with E-state index in [0.29, 0.717) is 6.42 Å². The summed E-state index contributed by atoms with van der Waals surface area (Å²) >= 11 is 0. The molecule has 0 aliphatic carbocycles. The minimum atomic E-state index is -0.210. The van der Waals surface area contributed by atoms with Crippen molar-refractivity contribution in [1.82, 2.24) is 9.47 Å². The summed E-state index contributed by atoms with van der Waals surface area (Å²) in [5.74, 6) is -0.173. The first-order chi connectivity index (χ1) is 16.1. The van der Waals surface area contributed by atoms with E-state index in [4.69, 9.17) is 0 Å². The number of halogens is 1. The quantitative estimate of drug-likeness (QED) is 0.450. The number of nitrogens with zero attached hydrogens (tertiary/aromatic N) is 3. The second-order valence-electron chi connectivity index (χ2n) is 8.60. The lowest BCUT2D eigenvalue weighted by Gasteiger charge is -2.36. The smallest absolute Gasteiger partial charge is 0.225 e. The fourth-order valence-electron chi connectivity index (χ4n) is 4.84. The van der Waals surface area contributed by atoms with E-state index < -0.39 is 0 Å². The van der Waals surface area contributed by atoms with Gasteiger partial charge >= 0.3 is 0 Å². The maximum absolute atomic E-state index is 13.1. The van der Waals surface area contributed by atoms with Crippen LogP contribution in [0.2, 0.25) is 0 Å². The molecule has 0 atom stereocenters. The van der Waals surface area contributed by atoms with Crippen LogP contribution in [0.1, 0.15) is 13.3 Å².